The second kappa shape index (κ2) is 14.3. The van der Waals surface area contributed by atoms with Gasteiger partial charge in [0.05, 0.1) is 35.1 Å². The molecule has 2 aromatic carbocycles. The van der Waals surface area contributed by atoms with E-state index in [1.54, 1.807) is 6.92 Å². The summed E-state index contributed by atoms with van der Waals surface area (Å²) >= 11 is 12.1. The molecule has 1 aliphatic heterocycles. The number of amides is 1. The van der Waals surface area contributed by atoms with Crippen LogP contribution in [0.25, 0.3) is 10.9 Å². The predicted octanol–water partition coefficient (Wildman–Crippen LogP) is 5.02. The molecule has 2 heterocycles. The van der Waals surface area contributed by atoms with E-state index < -0.39 is 44.5 Å². The van der Waals surface area contributed by atoms with Crippen molar-refractivity contribution in [3.63, 3.8) is 0 Å². The number of aromatic carboxylic acids is 1. The smallest absolute Gasteiger partial charge is 0.341 e. The molecule has 5 rings (SSSR count). The predicted molar refractivity (Wildman–Crippen MR) is 187 cm³/mol. The molecule has 1 aliphatic carbocycles. The van der Waals surface area contributed by atoms with E-state index in [9.17, 15) is 34.7 Å². The summed E-state index contributed by atoms with van der Waals surface area (Å²) in [6.45, 7) is 7.94. The van der Waals surface area contributed by atoms with Crippen molar-refractivity contribution in [2.75, 3.05) is 38.2 Å². The molecule has 1 saturated heterocycles. The van der Waals surface area contributed by atoms with Crippen LogP contribution >= 0.6 is 23.2 Å². The van der Waals surface area contributed by atoms with E-state index in [0.29, 0.717) is 43.0 Å². The molecular formula is C34H40Cl2FN5O8. The number of non-ortho nitro benzene ring substituents is 1. The maximum absolute atomic E-state index is 16.4. The van der Waals surface area contributed by atoms with Crippen LogP contribution in [0.1, 0.15) is 72.4 Å². The third-order valence-corrected chi connectivity index (χ3v) is 10.0. The Kier molecular flexibility index (Phi) is 10.7. The number of aryl methyl sites for hydroxylation is 1. The van der Waals surface area contributed by atoms with E-state index in [0.717, 1.165) is 12.8 Å². The monoisotopic (exact) mass is 735 g/mol. The van der Waals surface area contributed by atoms with Gasteiger partial charge < -0.3 is 29.7 Å². The number of methoxy groups -OCH3 is 1. The van der Waals surface area contributed by atoms with E-state index in [-0.39, 0.29) is 52.1 Å². The number of aliphatic hydroxyl groups is 1. The van der Waals surface area contributed by atoms with E-state index in [2.05, 4.69) is 10.2 Å². The summed E-state index contributed by atoms with van der Waals surface area (Å²) < 4.78 is 22.3. The van der Waals surface area contributed by atoms with Gasteiger partial charge in [-0.2, -0.15) is 0 Å². The zero-order valence-electron chi connectivity index (χ0n) is 28.3. The number of ether oxygens (including phenoxy) is 1. The number of carbonyl (C=O) groups is 2. The molecule has 1 saturated carbocycles. The van der Waals surface area contributed by atoms with Gasteiger partial charge in [0.2, 0.25) is 5.43 Å². The molecule has 0 bridgehead atoms. The second-order valence-corrected chi connectivity index (χ2v) is 14.8. The number of carboxylic acid groups (broad SMARTS) is 1. The zero-order chi connectivity index (χ0) is 36.8. The lowest BCUT2D eigenvalue weighted by Gasteiger charge is -2.42. The van der Waals surface area contributed by atoms with Gasteiger partial charge in [0.15, 0.2) is 15.9 Å². The largest absolute Gasteiger partial charge is 0.492 e. The SMILES string of the molecule is COc1c(N2CCN(CC[C@@H](NC(=O)C(C)(Cl)Cl)[C@H](O)c3ccc([N+](=O)[O-])cc3)C(C)C2)c(F)c(C)c2c(=O)c(C(=O)O)c(C)n(C3CC3)c12. The first-order valence-corrected chi connectivity index (χ1v) is 17.0. The fourth-order valence-electron chi connectivity index (χ4n) is 6.86. The van der Waals surface area contributed by atoms with E-state index in [1.807, 2.05) is 16.4 Å². The number of anilines is 1. The molecule has 16 heteroatoms. The molecule has 0 radical (unpaired) electrons. The number of carboxylic acids is 1. The Morgan fingerprint density at radius 1 is 1.20 bits per heavy atom. The first-order chi connectivity index (χ1) is 23.5. The molecule has 1 amide bonds. The van der Waals surface area contributed by atoms with Crippen molar-refractivity contribution in [1.82, 2.24) is 14.8 Å². The number of carbonyl (C=O) groups excluding carboxylic acids is 1. The average molecular weight is 737 g/mol. The van der Waals surface area contributed by atoms with Crippen molar-refractivity contribution >= 4 is 57.4 Å². The first-order valence-electron chi connectivity index (χ1n) is 16.3. The van der Waals surface area contributed by atoms with E-state index in [4.69, 9.17) is 27.9 Å². The van der Waals surface area contributed by atoms with Crippen LogP contribution in [-0.2, 0) is 4.79 Å². The number of aromatic nitrogens is 1. The van der Waals surface area contributed by atoms with Gasteiger partial charge in [-0.3, -0.25) is 24.6 Å². The van der Waals surface area contributed by atoms with Crippen LogP contribution in [0.2, 0.25) is 0 Å². The number of rotatable bonds is 12. The first kappa shape index (κ1) is 37.3. The number of alkyl halides is 2. The number of fused-ring (bicyclic) bond motifs is 1. The van der Waals surface area contributed by atoms with Crippen molar-refractivity contribution in [1.29, 1.82) is 0 Å². The average Bonchev–Trinajstić information content (AvgIpc) is 3.89. The summed E-state index contributed by atoms with van der Waals surface area (Å²) in [4.78, 5) is 53.0. The van der Waals surface area contributed by atoms with E-state index in [1.165, 1.54) is 45.2 Å². The van der Waals surface area contributed by atoms with Crippen LogP contribution in [0.3, 0.4) is 0 Å². The summed E-state index contributed by atoms with van der Waals surface area (Å²) in [6, 6.07) is 4.33. The fraction of sp³-hybridized carbons (Fsp3) is 0.500. The maximum atomic E-state index is 16.4. The number of nitro groups is 1. The summed E-state index contributed by atoms with van der Waals surface area (Å²) in [5, 5.41) is 35.0. The fourth-order valence-corrected chi connectivity index (χ4v) is 6.97. The van der Waals surface area contributed by atoms with Gasteiger partial charge in [0.1, 0.15) is 11.3 Å². The summed E-state index contributed by atoms with van der Waals surface area (Å²) in [5.74, 6) is -2.56. The van der Waals surface area contributed by atoms with Crippen LogP contribution in [0.4, 0.5) is 15.8 Å². The number of aliphatic hydroxyl groups excluding tert-OH is 1. The number of piperazine rings is 1. The minimum absolute atomic E-state index is 0.00524. The molecule has 1 unspecified atom stereocenters. The number of hydrogen-bond donors (Lipinski definition) is 3. The Bertz CT molecular complexity index is 1890. The highest BCUT2D eigenvalue weighted by atomic mass is 35.5. The van der Waals surface area contributed by atoms with E-state index >= 15 is 4.39 Å². The number of benzene rings is 2. The molecule has 1 aromatic heterocycles. The molecule has 3 atom stereocenters. The zero-order valence-corrected chi connectivity index (χ0v) is 29.8. The van der Waals surface area contributed by atoms with Crippen molar-refractivity contribution in [2.45, 2.75) is 75.5 Å². The van der Waals surface area contributed by atoms with Crippen LogP contribution in [0, 0.1) is 29.8 Å². The number of nitrogens with zero attached hydrogens (tertiary/aromatic N) is 4. The second-order valence-electron chi connectivity index (χ2n) is 13.1. The highest BCUT2D eigenvalue weighted by molar-refractivity contribution is 6.57. The van der Waals surface area contributed by atoms with Crippen molar-refractivity contribution < 1.29 is 33.9 Å². The van der Waals surface area contributed by atoms with Crippen LogP contribution in [0.5, 0.6) is 5.75 Å². The Balaban J connectivity index is 1.42. The van der Waals surface area contributed by atoms with Crippen LogP contribution < -0.4 is 20.4 Å². The van der Waals surface area contributed by atoms with Crippen molar-refractivity contribution in [3.05, 3.63) is 72.8 Å². The Labute approximate surface area is 297 Å². The number of pyridine rings is 1. The Morgan fingerprint density at radius 3 is 2.36 bits per heavy atom. The lowest BCUT2D eigenvalue weighted by molar-refractivity contribution is -0.384. The van der Waals surface area contributed by atoms with Crippen molar-refractivity contribution in [2.24, 2.45) is 0 Å². The molecule has 2 fully saturated rings. The molecule has 50 heavy (non-hydrogen) atoms. The van der Waals surface area contributed by atoms with Gasteiger partial charge in [-0.1, -0.05) is 23.2 Å². The lowest BCUT2D eigenvalue weighted by Crippen LogP contribution is -2.54. The number of nitro benzene ring substituents is 1. The van der Waals surface area contributed by atoms with Crippen molar-refractivity contribution in [3.8, 4) is 5.75 Å². The summed E-state index contributed by atoms with van der Waals surface area (Å²) in [5.41, 5.74) is 0.0198. The summed E-state index contributed by atoms with van der Waals surface area (Å²) in [7, 11) is 1.41. The normalized spacial score (nSPS) is 18.2. The van der Waals surface area contributed by atoms with Gasteiger partial charge in [-0.05, 0) is 64.7 Å². The topological polar surface area (TPSA) is 167 Å². The highest BCUT2D eigenvalue weighted by Crippen LogP contribution is 2.46. The molecular weight excluding hydrogens is 696 g/mol. The third-order valence-electron chi connectivity index (χ3n) is 9.68. The minimum Gasteiger partial charge on any atom is -0.492 e. The maximum Gasteiger partial charge on any atom is 0.341 e. The Hall–Kier alpha value is -3.98. The number of halogens is 3. The molecule has 3 aromatic rings. The van der Waals surface area contributed by atoms with Gasteiger partial charge in [-0.25, -0.2) is 9.18 Å². The standard InChI is InChI=1S/C34H40Cl2FN5O8/c1-17-16-40(28-26(37)18(2)24-27(31(28)50-5)41(21-10-11-21)19(3)25(30(24)44)32(45)46)15-14-39(17)13-12-23(38-33(47)34(4,35)36)29(43)20-6-8-22(9-7-20)42(48)49/h6-9,17,21,23,29,43H,10-16H2,1-5H3,(H,38,47)(H,45,46)/t17?,23-,29-/m1/s1. The van der Waals surface area contributed by atoms with Gasteiger partial charge in [0, 0.05) is 61.7 Å². The molecule has 13 nitrogen and oxygen atoms in total. The molecule has 2 aliphatic rings. The van der Waals surface area contributed by atoms with Crippen LogP contribution in [-0.4, -0.2) is 86.2 Å². The van der Waals surface area contributed by atoms with Gasteiger partial charge in [-0.15, -0.1) is 0 Å². The number of hydrogen-bond acceptors (Lipinski definition) is 9. The Morgan fingerprint density at radius 2 is 1.84 bits per heavy atom. The number of nitrogens with one attached hydrogen (secondary N) is 1. The molecule has 3 N–H and O–H groups in total. The minimum atomic E-state index is -1.77. The third kappa shape index (κ3) is 7.11. The molecule has 270 valence electrons. The van der Waals surface area contributed by atoms with Gasteiger partial charge >= 0.3 is 5.97 Å². The summed E-state index contributed by atoms with van der Waals surface area (Å²) in [6.07, 6.45) is 0.597. The highest BCUT2D eigenvalue weighted by Gasteiger charge is 2.37. The van der Waals surface area contributed by atoms with Crippen LogP contribution in [0.15, 0.2) is 29.1 Å². The molecule has 0 spiro atoms. The lowest BCUT2D eigenvalue weighted by atomic mass is 9.98. The van der Waals surface area contributed by atoms with Gasteiger partial charge in [0.25, 0.3) is 11.6 Å². The quantitative estimate of drug-likeness (QED) is 0.131.